The van der Waals surface area contributed by atoms with Gasteiger partial charge in [-0.3, -0.25) is 25.0 Å². The molecule has 3 aromatic rings. The van der Waals surface area contributed by atoms with Crippen molar-refractivity contribution in [1.29, 1.82) is 5.26 Å². The lowest BCUT2D eigenvalue weighted by Gasteiger charge is -2.09. The van der Waals surface area contributed by atoms with Gasteiger partial charge in [0.1, 0.15) is 28.9 Å². The first-order valence-corrected chi connectivity index (χ1v) is 9.34. The number of furan rings is 1. The number of nitrogens with one attached hydrogen (secondary N) is 1. The van der Waals surface area contributed by atoms with Crippen LogP contribution in [0.4, 0.5) is 17.1 Å². The molecule has 0 saturated heterocycles. The maximum atomic E-state index is 12.6. The second kappa shape index (κ2) is 9.44. The highest BCUT2D eigenvalue weighted by Gasteiger charge is 2.20. The van der Waals surface area contributed by atoms with E-state index < -0.39 is 15.8 Å². The van der Waals surface area contributed by atoms with Gasteiger partial charge in [-0.15, -0.1) is 0 Å². The second-order valence-electron chi connectivity index (χ2n) is 6.75. The summed E-state index contributed by atoms with van der Waals surface area (Å²) in [6.07, 6.45) is 1.16. The van der Waals surface area contributed by atoms with Crippen LogP contribution in [-0.4, -0.2) is 22.9 Å². The molecule has 0 atom stereocenters. The molecule has 0 aliphatic rings. The van der Waals surface area contributed by atoms with Gasteiger partial charge in [0.15, 0.2) is 0 Å². The summed E-state index contributed by atoms with van der Waals surface area (Å²) in [5, 5.41) is 34.2. The number of carbonyl (C=O) groups is 1. The van der Waals surface area contributed by atoms with Crippen LogP contribution in [0.1, 0.15) is 11.3 Å². The molecular formula is C22H16N4O7. The van der Waals surface area contributed by atoms with Gasteiger partial charge in [-0.05, 0) is 36.8 Å². The Morgan fingerprint density at radius 2 is 1.88 bits per heavy atom. The van der Waals surface area contributed by atoms with E-state index in [1.807, 2.05) is 0 Å². The number of nitro benzene ring substituents is 2. The molecule has 33 heavy (non-hydrogen) atoms. The van der Waals surface area contributed by atoms with E-state index in [4.69, 9.17) is 9.15 Å². The number of methoxy groups -OCH3 is 1. The molecule has 0 unspecified atom stereocenters. The summed E-state index contributed by atoms with van der Waals surface area (Å²) in [5.74, 6) is -0.391. The number of ether oxygens (including phenoxy) is 1. The molecule has 166 valence electrons. The minimum absolute atomic E-state index is 0.00765. The fourth-order valence-corrected chi connectivity index (χ4v) is 2.96. The van der Waals surface area contributed by atoms with Crippen LogP contribution in [0.2, 0.25) is 0 Å². The molecule has 0 saturated carbocycles. The van der Waals surface area contributed by atoms with Crippen molar-refractivity contribution < 1.29 is 23.8 Å². The van der Waals surface area contributed by atoms with Crippen molar-refractivity contribution in [2.45, 2.75) is 6.92 Å². The largest absolute Gasteiger partial charge is 0.495 e. The highest BCUT2D eigenvalue weighted by Crippen LogP contribution is 2.33. The van der Waals surface area contributed by atoms with Gasteiger partial charge in [0.05, 0.1) is 28.2 Å². The quantitative estimate of drug-likeness (QED) is 0.237. The van der Waals surface area contributed by atoms with Gasteiger partial charge in [-0.25, -0.2) is 0 Å². The maximum Gasteiger partial charge on any atom is 0.280 e. The monoisotopic (exact) mass is 448 g/mol. The first-order valence-electron chi connectivity index (χ1n) is 9.34. The molecule has 1 aromatic heterocycles. The summed E-state index contributed by atoms with van der Waals surface area (Å²) in [4.78, 5) is 33.8. The van der Waals surface area contributed by atoms with E-state index in [0.717, 1.165) is 12.1 Å². The summed E-state index contributed by atoms with van der Waals surface area (Å²) in [6, 6.07) is 13.0. The maximum absolute atomic E-state index is 12.6. The molecule has 3 rings (SSSR count). The molecule has 0 spiro atoms. The van der Waals surface area contributed by atoms with Crippen molar-refractivity contribution in [3.63, 3.8) is 0 Å². The third kappa shape index (κ3) is 5.02. The van der Waals surface area contributed by atoms with E-state index in [1.165, 1.54) is 37.4 Å². The SMILES string of the molecule is COc1ccc([N+](=O)[O-])cc1NC(=O)/C(C#N)=C/c1ccc(-c2ccc(C)cc2[N+](=O)[O-])o1. The van der Waals surface area contributed by atoms with Crippen LogP contribution < -0.4 is 10.1 Å². The highest BCUT2D eigenvalue weighted by atomic mass is 16.6. The Morgan fingerprint density at radius 3 is 2.52 bits per heavy atom. The fourth-order valence-electron chi connectivity index (χ4n) is 2.96. The standard InChI is InChI=1S/C22H16N4O7/c1-13-3-6-17(19(9-13)26(30)31)20-8-5-16(33-20)10-14(12-23)22(27)24-18-11-15(25(28)29)4-7-21(18)32-2/h3-11H,1-2H3,(H,24,27)/b14-10+. The lowest BCUT2D eigenvalue weighted by Crippen LogP contribution is -2.14. The van der Waals surface area contributed by atoms with Gasteiger partial charge in [0, 0.05) is 24.3 Å². The fraction of sp³-hybridized carbons (Fsp3) is 0.0909. The summed E-state index contributed by atoms with van der Waals surface area (Å²) in [5.41, 5.74) is 0.183. The summed E-state index contributed by atoms with van der Waals surface area (Å²) >= 11 is 0. The smallest absolute Gasteiger partial charge is 0.280 e. The Labute approximate surface area is 186 Å². The Balaban J connectivity index is 1.90. The topological polar surface area (TPSA) is 162 Å². The number of rotatable bonds is 7. The van der Waals surface area contributed by atoms with Crippen LogP contribution in [0.3, 0.4) is 0 Å². The zero-order valence-electron chi connectivity index (χ0n) is 17.4. The Bertz CT molecular complexity index is 1330. The average Bonchev–Trinajstić information content (AvgIpc) is 3.25. The van der Waals surface area contributed by atoms with Gasteiger partial charge >= 0.3 is 0 Å². The highest BCUT2D eigenvalue weighted by molar-refractivity contribution is 6.10. The van der Waals surface area contributed by atoms with Gasteiger partial charge in [0.2, 0.25) is 0 Å². The van der Waals surface area contributed by atoms with Gasteiger partial charge in [0.25, 0.3) is 17.3 Å². The predicted molar refractivity (Wildman–Crippen MR) is 117 cm³/mol. The number of non-ortho nitro benzene ring substituents is 1. The molecular weight excluding hydrogens is 432 g/mol. The number of hydrogen-bond acceptors (Lipinski definition) is 8. The van der Waals surface area contributed by atoms with E-state index in [0.29, 0.717) is 5.56 Å². The summed E-state index contributed by atoms with van der Waals surface area (Å²) in [7, 11) is 1.33. The molecule has 0 fully saturated rings. The molecule has 1 heterocycles. The Hall–Kier alpha value is -4.98. The summed E-state index contributed by atoms with van der Waals surface area (Å²) in [6.45, 7) is 1.72. The molecule has 11 nitrogen and oxygen atoms in total. The summed E-state index contributed by atoms with van der Waals surface area (Å²) < 4.78 is 10.7. The molecule has 2 aromatic carbocycles. The number of hydrogen-bond donors (Lipinski definition) is 1. The Kier molecular flexibility index (Phi) is 6.49. The number of carbonyl (C=O) groups excluding carboxylic acids is 1. The van der Waals surface area contributed by atoms with Crippen LogP contribution in [0.25, 0.3) is 17.4 Å². The normalized spacial score (nSPS) is 10.9. The van der Waals surface area contributed by atoms with Gasteiger partial charge in [-0.1, -0.05) is 6.07 Å². The van der Waals surface area contributed by atoms with Crippen LogP contribution in [0, 0.1) is 38.5 Å². The van der Waals surface area contributed by atoms with Gasteiger partial charge in [-0.2, -0.15) is 5.26 Å². The van der Waals surface area contributed by atoms with Crippen LogP contribution >= 0.6 is 0 Å². The van der Waals surface area contributed by atoms with E-state index in [-0.39, 0.29) is 45.5 Å². The van der Waals surface area contributed by atoms with Crippen LogP contribution in [-0.2, 0) is 4.79 Å². The van der Waals surface area contributed by atoms with Crippen molar-refractivity contribution >= 4 is 29.0 Å². The van der Waals surface area contributed by atoms with E-state index in [2.05, 4.69) is 5.32 Å². The number of anilines is 1. The molecule has 0 aliphatic carbocycles. The zero-order valence-corrected chi connectivity index (χ0v) is 17.4. The lowest BCUT2D eigenvalue weighted by atomic mass is 10.1. The number of amides is 1. The van der Waals surface area contributed by atoms with E-state index in [1.54, 1.807) is 25.1 Å². The lowest BCUT2D eigenvalue weighted by molar-refractivity contribution is -0.384. The van der Waals surface area contributed by atoms with Crippen molar-refractivity contribution in [2.24, 2.45) is 0 Å². The predicted octanol–water partition coefficient (Wildman–Crippen LogP) is 4.63. The molecule has 11 heteroatoms. The van der Waals surface area contributed by atoms with Crippen LogP contribution in [0.5, 0.6) is 5.75 Å². The minimum Gasteiger partial charge on any atom is -0.495 e. The third-order valence-corrected chi connectivity index (χ3v) is 4.54. The van der Waals surface area contributed by atoms with Crippen molar-refractivity contribution in [1.82, 2.24) is 0 Å². The molecule has 1 N–H and O–H groups in total. The number of nitro groups is 2. The minimum atomic E-state index is -0.851. The second-order valence-corrected chi connectivity index (χ2v) is 6.75. The number of nitrogens with zero attached hydrogens (tertiary/aromatic N) is 3. The number of nitriles is 1. The molecule has 0 bridgehead atoms. The van der Waals surface area contributed by atoms with E-state index >= 15 is 0 Å². The van der Waals surface area contributed by atoms with Crippen molar-refractivity contribution in [2.75, 3.05) is 12.4 Å². The first kappa shape index (κ1) is 22.7. The molecule has 0 aliphatic heterocycles. The molecule has 0 radical (unpaired) electrons. The zero-order chi connectivity index (χ0) is 24.1. The van der Waals surface area contributed by atoms with Crippen LogP contribution in [0.15, 0.2) is 58.5 Å². The van der Waals surface area contributed by atoms with Crippen molar-refractivity contribution in [3.8, 4) is 23.1 Å². The van der Waals surface area contributed by atoms with Crippen molar-refractivity contribution in [3.05, 3.63) is 85.7 Å². The van der Waals surface area contributed by atoms with E-state index in [9.17, 15) is 30.3 Å². The average molecular weight is 448 g/mol. The molecule has 1 amide bonds. The third-order valence-electron chi connectivity index (χ3n) is 4.54. The number of benzene rings is 2. The first-order chi connectivity index (χ1) is 15.7. The number of aryl methyl sites for hydroxylation is 1. The Morgan fingerprint density at radius 1 is 1.12 bits per heavy atom. The van der Waals surface area contributed by atoms with Gasteiger partial charge < -0.3 is 14.5 Å².